The molecule has 0 fully saturated rings. The molecule has 0 bridgehead atoms. The molecule has 0 radical (unpaired) electrons. The molecular formula is C19H23N3O4. The van der Waals surface area contributed by atoms with Gasteiger partial charge in [0.05, 0.1) is 11.1 Å². The second-order valence-corrected chi connectivity index (χ2v) is 5.96. The van der Waals surface area contributed by atoms with E-state index >= 15 is 0 Å². The third-order valence-electron chi connectivity index (χ3n) is 3.88. The highest BCUT2D eigenvalue weighted by Gasteiger charge is 2.08. The predicted octanol–water partition coefficient (Wildman–Crippen LogP) is 4.67. The fourth-order valence-corrected chi connectivity index (χ4v) is 2.44. The molecular weight excluding hydrogens is 334 g/mol. The van der Waals surface area contributed by atoms with Gasteiger partial charge in [0, 0.05) is 24.1 Å². The molecule has 1 aromatic carbocycles. The molecule has 1 aromatic heterocycles. The summed E-state index contributed by atoms with van der Waals surface area (Å²) in [7, 11) is 0. The molecule has 2 aromatic rings. The number of nitrogens with zero attached hydrogens (tertiary/aromatic N) is 2. The number of nitrogens with one attached hydrogen (secondary N) is 1. The summed E-state index contributed by atoms with van der Waals surface area (Å²) in [6, 6.07) is 9.56. The Labute approximate surface area is 152 Å². The minimum Gasteiger partial charge on any atom is -0.455 e. The zero-order chi connectivity index (χ0) is 18.8. The molecule has 26 heavy (non-hydrogen) atoms. The minimum absolute atomic E-state index is 0.0273. The fraction of sp³-hybridized carbons (Fsp3) is 0.368. The van der Waals surface area contributed by atoms with Crippen LogP contribution >= 0.6 is 0 Å². The number of hydrazone groups is 1. The highest BCUT2D eigenvalue weighted by Crippen LogP contribution is 2.23. The number of furan rings is 1. The Hall–Kier alpha value is -2.96. The third-order valence-corrected chi connectivity index (χ3v) is 3.88. The van der Waals surface area contributed by atoms with Gasteiger partial charge in [-0.25, -0.2) is 5.43 Å². The van der Waals surface area contributed by atoms with Crippen LogP contribution in [0.5, 0.6) is 0 Å². The fourth-order valence-electron chi connectivity index (χ4n) is 2.44. The van der Waals surface area contributed by atoms with Gasteiger partial charge in [-0.3, -0.25) is 14.9 Å². The lowest BCUT2D eigenvalue weighted by Gasteiger charge is -1.99. The number of carbonyl (C=O) groups excluding carboxylic acids is 1. The molecule has 7 nitrogen and oxygen atoms in total. The van der Waals surface area contributed by atoms with Crippen molar-refractivity contribution in [2.45, 2.75) is 45.4 Å². The molecule has 0 saturated carbocycles. The monoisotopic (exact) mass is 357 g/mol. The quantitative estimate of drug-likeness (QED) is 0.289. The zero-order valence-corrected chi connectivity index (χ0v) is 14.8. The lowest BCUT2D eigenvalue weighted by atomic mass is 10.1. The number of hydrogen-bond acceptors (Lipinski definition) is 5. The molecule has 1 N–H and O–H groups in total. The summed E-state index contributed by atoms with van der Waals surface area (Å²) in [6.45, 7) is 2.16. The van der Waals surface area contributed by atoms with Crippen molar-refractivity contribution in [3.8, 4) is 11.3 Å². The summed E-state index contributed by atoms with van der Waals surface area (Å²) in [6.07, 6.45) is 7.37. The summed E-state index contributed by atoms with van der Waals surface area (Å²) in [4.78, 5) is 21.9. The highest BCUT2D eigenvalue weighted by atomic mass is 16.6. The lowest BCUT2D eigenvalue weighted by molar-refractivity contribution is -0.384. The van der Waals surface area contributed by atoms with Crippen LogP contribution in [0.4, 0.5) is 5.69 Å². The zero-order valence-electron chi connectivity index (χ0n) is 14.8. The van der Waals surface area contributed by atoms with Gasteiger partial charge in [-0.05, 0) is 30.7 Å². The molecule has 138 valence electrons. The van der Waals surface area contributed by atoms with Crippen molar-refractivity contribution in [2.24, 2.45) is 5.10 Å². The molecule has 1 heterocycles. The maximum atomic E-state index is 11.7. The SMILES string of the molecule is CCCCCCCC(=O)N/N=C/c1ccc(-c2ccc([N+](=O)[O-])cc2)o1. The van der Waals surface area contributed by atoms with Crippen molar-refractivity contribution in [2.75, 3.05) is 0 Å². The van der Waals surface area contributed by atoms with E-state index in [2.05, 4.69) is 17.5 Å². The summed E-state index contributed by atoms with van der Waals surface area (Å²) < 4.78 is 5.61. The van der Waals surface area contributed by atoms with Crippen LogP contribution in [-0.2, 0) is 4.79 Å². The van der Waals surface area contributed by atoms with E-state index < -0.39 is 4.92 Å². The molecule has 1 amide bonds. The molecule has 0 aliphatic rings. The average molecular weight is 357 g/mol. The maximum Gasteiger partial charge on any atom is 0.269 e. The number of nitro groups is 1. The van der Waals surface area contributed by atoms with Crippen LogP contribution < -0.4 is 5.43 Å². The first kappa shape index (κ1) is 19.4. The van der Waals surface area contributed by atoms with Gasteiger partial charge in [-0.2, -0.15) is 5.10 Å². The van der Waals surface area contributed by atoms with Crippen LogP contribution in [0.3, 0.4) is 0 Å². The molecule has 2 rings (SSSR count). The molecule has 0 aliphatic heterocycles. The van der Waals surface area contributed by atoms with Crippen molar-refractivity contribution in [1.29, 1.82) is 0 Å². The number of carbonyl (C=O) groups is 1. The van der Waals surface area contributed by atoms with E-state index in [-0.39, 0.29) is 11.6 Å². The largest absolute Gasteiger partial charge is 0.455 e. The topological polar surface area (TPSA) is 97.7 Å². The number of benzene rings is 1. The van der Waals surface area contributed by atoms with Crippen LogP contribution in [0, 0.1) is 10.1 Å². The summed E-state index contributed by atoms with van der Waals surface area (Å²) in [5.41, 5.74) is 3.24. The first-order chi connectivity index (χ1) is 12.6. The van der Waals surface area contributed by atoms with Crippen LogP contribution in [0.2, 0.25) is 0 Å². The van der Waals surface area contributed by atoms with Gasteiger partial charge >= 0.3 is 0 Å². The second kappa shape index (κ2) is 10.1. The molecule has 0 spiro atoms. The van der Waals surface area contributed by atoms with E-state index in [9.17, 15) is 14.9 Å². The number of unbranched alkanes of at least 4 members (excludes halogenated alkanes) is 4. The van der Waals surface area contributed by atoms with Crippen molar-refractivity contribution in [1.82, 2.24) is 5.43 Å². The summed E-state index contributed by atoms with van der Waals surface area (Å²) in [5, 5.41) is 14.6. The standard InChI is InChI=1S/C19H23N3O4/c1-2-3-4-5-6-7-19(23)21-20-14-17-12-13-18(26-17)15-8-10-16(11-9-15)22(24)25/h8-14H,2-7H2,1H3,(H,21,23)/b20-14+. The Morgan fingerprint density at radius 3 is 2.58 bits per heavy atom. The number of non-ortho nitro benzene ring substituents is 1. The van der Waals surface area contributed by atoms with Crippen molar-refractivity contribution in [3.05, 3.63) is 52.3 Å². The number of nitro benzene ring substituents is 1. The Bertz CT molecular complexity index is 750. The first-order valence-corrected chi connectivity index (χ1v) is 8.76. The van der Waals surface area contributed by atoms with Crippen molar-refractivity contribution >= 4 is 17.8 Å². The number of amides is 1. The van der Waals surface area contributed by atoms with Crippen LogP contribution in [0.1, 0.15) is 51.2 Å². The van der Waals surface area contributed by atoms with Crippen molar-refractivity contribution in [3.63, 3.8) is 0 Å². The van der Waals surface area contributed by atoms with Gasteiger partial charge in [0.15, 0.2) is 0 Å². The second-order valence-electron chi connectivity index (χ2n) is 5.96. The number of rotatable bonds is 10. The predicted molar refractivity (Wildman–Crippen MR) is 99.9 cm³/mol. The van der Waals surface area contributed by atoms with Gasteiger partial charge in [0.1, 0.15) is 11.5 Å². The Balaban J connectivity index is 1.81. The molecule has 0 aliphatic carbocycles. The lowest BCUT2D eigenvalue weighted by Crippen LogP contribution is -2.16. The van der Waals surface area contributed by atoms with Crippen molar-refractivity contribution < 1.29 is 14.1 Å². The summed E-state index contributed by atoms with van der Waals surface area (Å²) >= 11 is 0. The van der Waals surface area contributed by atoms with Crippen LogP contribution in [-0.4, -0.2) is 17.0 Å². The number of hydrogen-bond donors (Lipinski definition) is 1. The Morgan fingerprint density at radius 1 is 1.15 bits per heavy atom. The summed E-state index contributed by atoms with van der Waals surface area (Å²) in [5.74, 6) is 0.949. The maximum absolute atomic E-state index is 11.7. The third kappa shape index (κ3) is 6.16. The molecule has 0 unspecified atom stereocenters. The van der Waals surface area contributed by atoms with Gasteiger partial charge in [-0.1, -0.05) is 32.6 Å². The highest BCUT2D eigenvalue weighted by molar-refractivity contribution is 5.81. The van der Waals surface area contributed by atoms with E-state index in [1.54, 1.807) is 24.3 Å². The van der Waals surface area contributed by atoms with Crippen LogP contribution in [0.15, 0.2) is 45.9 Å². The Kier molecular flexibility index (Phi) is 7.54. The van der Waals surface area contributed by atoms with E-state index in [4.69, 9.17) is 4.42 Å². The van der Waals surface area contributed by atoms with Gasteiger partial charge < -0.3 is 4.42 Å². The van der Waals surface area contributed by atoms with Gasteiger partial charge in [0.2, 0.25) is 5.91 Å². The Morgan fingerprint density at radius 2 is 1.88 bits per heavy atom. The smallest absolute Gasteiger partial charge is 0.269 e. The first-order valence-electron chi connectivity index (χ1n) is 8.76. The van der Waals surface area contributed by atoms with E-state index in [0.717, 1.165) is 24.8 Å². The molecule has 0 saturated heterocycles. The molecule has 0 atom stereocenters. The average Bonchev–Trinajstić information content (AvgIpc) is 3.10. The minimum atomic E-state index is -0.448. The van der Waals surface area contributed by atoms with Crippen LogP contribution in [0.25, 0.3) is 11.3 Å². The normalized spacial score (nSPS) is 11.0. The van der Waals surface area contributed by atoms with E-state index in [0.29, 0.717) is 17.9 Å². The van der Waals surface area contributed by atoms with E-state index in [1.165, 1.54) is 31.2 Å². The van der Waals surface area contributed by atoms with E-state index in [1.807, 2.05) is 0 Å². The molecule has 7 heteroatoms. The van der Waals surface area contributed by atoms with Gasteiger partial charge in [0.25, 0.3) is 5.69 Å². The van der Waals surface area contributed by atoms with Gasteiger partial charge in [-0.15, -0.1) is 0 Å².